The van der Waals surface area contributed by atoms with Gasteiger partial charge < -0.3 is 0 Å². The lowest BCUT2D eigenvalue weighted by Crippen LogP contribution is -2.12. The quantitative estimate of drug-likeness (QED) is 0.593. The molecule has 1 aromatic carbocycles. The molecule has 0 amide bonds. The van der Waals surface area contributed by atoms with E-state index in [1.807, 2.05) is 0 Å². The molecule has 0 radical (unpaired) electrons. The second-order valence-electron chi connectivity index (χ2n) is 3.25. The van der Waals surface area contributed by atoms with Gasteiger partial charge in [0.2, 0.25) is 0 Å². The highest BCUT2D eigenvalue weighted by molar-refractivity contribution is 5.57. The Labute approximate surface area is 102 Å². The summed E-state index contributed by atoms with van der Waals surface area (Å²) in [6.45, 7) is 0. The van der Waals surface area contributed by atoms with Crippen molar-refractivity contribution in [1.29, 1.82) is 10.5 Å². The highest BCUT2D eigenvalue weighted by atomic mass is 19.4. The topological polar surface area (TPSA) is 47.6 Å². The zero-order chi connectivity index (χ0) is 13.6. The van der Waals surface area contributed by atoms with E-state index in [9.17, 15) is 13.2 Å². The molecule has 0 bridgehead atoms. The number of halogens is 3. The van der Waals surface area contributed by atoms with Crippen LogP contribution in [0, 0.1) is 22.7 Å². The van der Waals surface area contributed by atoms with Crippen molar-refractivity contribution in [2.75, 3.05) is 0 Å². The first-order valence-corrected chi connectivity index (χ1v) is 4.84. The average Bonchev–Trinajstić information content (AvgIpc) is 2.34. The molecule has 0 aliphatic rings. The van der Waals surface area contributed by atoms with Crippen LogP contribution in [0.5, 0.6) is 0 Å². The maximum absolute atomic E-state index is 12.6. The molecule has 0 spiro atoms. The fourth-order valence-corrected chi connectivity index (χ4v) is 1.21. The molecule has 0 N–H and O–H groups in total. The maximum atomic E-state index is 12.6. The molecule has 0 aliphatic heterocycles. The molecule has 0 heterocycles. The fraction of sp³-hybridized carbons (Fsp3) is 0.0769. The number of nitriles is 2. The van der Waals surface area contributed by atoms with E-state index in [1.165, 1.54) is 18.2 Å². The monoisotopic (exact) mass is 248 g/mol. The van der Waals surface area contributed by atoms with Crippen LogP contribution < -0.4 is 0 Å². The van der Waals surface area contributed by atoms with Crippen LogP contribution in [-0.4, -0.2) is 6.18 Å². The summed E-state index contributed by atoms with van der Waals surface area (Å²) in [7, 11) is 0. The Hall–Kier alpha value is -2.53. The third-order valence-corrected chi connectivity index (χ3v) is 2.04. The van der Waals surface area contributed by atoms with E-state index >= 15 is 0 Å². The van der Waals surface area contributed by atoms with E-state index in [4.69, 9.17) is 10.5 Å². The first-order valence-electron chi connectivity index (χ1n) is 4.84. The summed E-state index contributed by atoms with van der Waals surface area (Å²) in [6, 6.07) is 10.8. The second-order valence-corrected chi connectivity index (χ2v) is 3.25. The van der Waals surface area contributed by atoms with Gasteiger partial charge >= 0.3 is 6.18 Å². The number of alkyl halides is 3. The van der Waals surface area contributed by atoms with Gasteiger partial charge in [0.15, 0.2) is 0 Å². The second kappa shape index (κ2) is 5.70. The van der Waals surface area contributed by atoms with E-state index in [1.54, 1.807) is 30.3 Å². The van der Waals surface area contributed by atoms with Crippen LogP contribution in [0.1, 0.15) is 5.56 Å². The summed E-state index contributed by atoms with van der Waals surface area (Å²) >= 11 is 0. The first kappa shape index (κ1) is 13.5. The Morgan fingerprint density at radius 2 is 1.61 bits per heavy atom. The molecule has 0 saturated carbocycles. The van der Waals surface area contributed by atoms with Gasteiger partial charge in [0, 0.05) is 0 Å². The van der Waals surface area contributed by atoms with Gasteiger partial charge in [0.25, 0.3) is 0 Å². The lowest BCUT2D eigenvalue weighted by atomic mass is 10.1. The van der Waals surface area contributed by atoms with Gasteiger partial charge in [-0.1, -0.05) is 36.4 Å². The van der Waals surface area contributed by atoms with Gasteiger partial charge in [-0.2, -0.15) is 23.7 Å². The zero-order valence-corrected chi connectivity index (χ0v) is 9.07. The third kappa shape index (κ3) is 3.50. The Balaban J connectivity index is 3.19. The summed E-state index contributed by atoms with van der Waals surface area (Å²) in [5.74, 6) is 0. The van der Waals surface area contributed by atoms with Crippen LogP contribution >= 0.6 is 0 Å². The van der Waals surface area contributed by atoms with Crippen molar-refractivity contribution in [2.24, 2.45) is 0 Å². The number of benzene rings is 1. The Bertz CT molecular complexity index is 539. The fourth-order valence-electron chi connectivity index (χ4n) is 1.21. The molecule has 2 nitrogen and oxygen atoms in total. The molecule has 0 atom stereocenters. The molecule has 1 rings (SSSR count). The summed E-state index contributed by atoms with van der Waals surface area (Å²) in [5.41, 5.74) is -1.64. The molecule has 0 aliphatic carbocycles. The standard InChI is InChI=1S/C13H7F3N2/c14-13(15,16)12(11(8-17)9-18)7-6-10-4-2-1-3-5-10/h1-7H. The van der Waals surface area contributed by atoms with Crippen molar-refractivity contribution in [1.82, 2.24) is 0 Å². The molecule has 90 valence electrons. The number of allylic oxidation sites excluding steroid dienone is 3. The predicted octanol–water partition coefficient (Wildman–Crippen LogP) is 3.61. The predicted molar refractivity (Wildman–Crippen MR) is 59.8 cm³/mol. The lowest BCUT2D eigenvalue weighted by Gasteiger charge is -2.06. The Morgan fingerprint density at radius 1 is 1.06 bits per heavy atom. The lowest BCUT2D eigenvalue weighted by molar-refractivity contribution is -0.0884. The van der Waals surface area contributed by atoms with Gasteiger partial charge in [0.1, 0.15) is 17.7 Å². The van der Waals surface area contributed by atoms with E-state index in [2.05, 4.69) is 0 Å². The third-order valence-electron chi connectivity index (χ3n) is 2.04. The molecule has 5 heteroatoms. The summed E-state index contributed by atoms with van der Waals surface area (Å²) in [4.78, 5) is 0. The highest BCUT2D eigenvalue weighted by Crippen LogP contribution is 2.29. The minimum Gasteiger partial charge on any atom is -0.192 e. The molecule has 0 saturated heterocycles. The van der Waals surface area contributed by atoms with Gasteiger partial charge in [0.05, 0.1) is 5.57 Å². The van der Waals surface area contributed by atoms with Gasteiger partial charge in [-0.3, -0.25) is 0 Å². The van der Waals surface area contributed by atoms with Crippen LogP contribution in [0.3, 0.4) is 0 Å². The van der Waals surface area contributed by atoms with Gasteiger partial charge in [-0.05, 0) is 11.6 Å². The molecule has 0 aromatic heterocycles. The molecular formula is C13H7F3N2. The smallest absolute Gasteiger partial charge is 0.192 e. The van der Waals surface area contributed by atoms with Crippen molar-refractivity contribution in [3.63, 3.8) is 0 Å². The Kier molecular flexibility index (Phi) is 4.28. The van der Waals surface area contributed by atoms with Crippen LogP contribution in [-0.2, 0) is 0 Å². The molecule has 0 unspecified atom stereocenters. The van der Waals surface area contributed by atoms with Crippen molar-refractivity contribution < 1.29 is 13.2 Å². The van der Waals surface area contributed by atoms with Crippen molar-refractivity contribution in [2.45, 2.75) is 6.18 Å². The van der Waals surface area contributed by atoms with Crippen molar-refractivity contribution in [3.05, 3.63) is 53.1 Å². The van der Waals surface area contributed by atoms with Crippen LogP contribution in [0.25, 0.3) is 6.08 Å². The number of hydrogen-bond acceptors (Lipinski definition) is 2. The minimum absolute atomic E-state index is 0.550. The average molecular weight is 248 g/mol. The van der Waals surface area contributed by atoms with Crippen LogP contribution in [0.15, 0.2) is 47.6 Å². The Morgan fingerprint density at radius 3 is 2.06 bits per heavy atom. The van der Waals surface area contributed by atoms with Gasteiger partial charge in [-0.15, -0.1) is 0 Å². The minimum atomic E-state index is -4.73. The van der Waals surface area contributed by atoms with Crippen molar-refractivity contribution >= 4 is 6.08 Å². The highest BCUT2D eigenvalue weighted by Gasteiger charge is 2.34. The summed E-state index contributed by atoms with van der Waals surface area (Å²) < 4.78 is 37.9. The number of rotatable bonds is 2. The van der Waals surface area contributed by atoms with E-state index in [0.29, 0.717) is 5.56 Å². The SMILES string of the molecule is N#CC(C#N)=C(C=Cc1ccccc1)C(F)(F)F. The van der Waals surface area contributed by atoms with Gasteiger partial charge in [-0.25, -0.2) is 0 Å². The molecule has 1 aromatic rings. The number of hydrogen-bond donors (Lipinski definition) is 0. The van der Waals surface area contributed by atoms with E-state index in [-0.39, 0.29) is 0 Å². The van der Waals surface area contributed by atoms with E-state index < -0.39 is 17.3 Å². The van der Waals surface area contributed by atoms with Crippen LogP contribution in [0.2, 0.25) is 0 Å². The first-order chi connectivity index (χ1) is 8.49. The van der Waals surface area contributed by atoms with Crippen molar-refractivity contribution in [3.8, 4) is 12.1 Å². The summed E-state index contributed by atoms with van der Waals surface area (Å²) in [5, 5.41) is 17.0. The molecule has 18 heavy (non-hydrogen) atoms. The van der Waals surface area contributed by atoms with E-state index in [0.717, 1.165) is 6.08 Å². The normalized spacial score (nSPS) is 10.7. The molecule has 0 fully saturated rings. The molecular weight excluding hydrogens is 241 g/mol. The maximum Gasteiger partial charge on any atom is 0.418 e. The summed E-state index contributed by atoms with van der Waals surface area (Å²) in [6.07, 6.45) is -2.79. The van der Waals surface area contributed by atoms with Crippen LogP contribution in [0.4, 0.5) is 13.2 Å². The number of nitrogens with zero attached hydrogens (tertiary/aromatic N) is 2. The largest absolute Gasteiger partial charge is 0.418 e. The zero-order valence-electron chi connectivity index (χ0n) is 9.07.